The van der Waals surface area contributed by atoms with Crippen molar-refractivity contribution in [1.82, 2.24) is 24.9 Å². The Bertz CT molecular complexity index is 1330. The summed E-state index contributed by atoms with van der Waals surface area (Å²) in [6.07, 6.45) is -0.262. The van der Waals surface area contributed by atoms with Crippen LogP contribution in [0.1, 0.15) is 25.4 Å². The van der Waals surface area contributed by atoms with E-state index in [0.29, 0.717) is 22.3 Å². The van der Waals surface area contributed by atoms with E-state index in [2.05, 4.69) is 24.9 Å². The van der Waals surface area contributed by atoms with Crippen LogP contribution in [0.15, 0.2) is 53.7 Å². The number of alkyl halides is 3. The van der Waals surface area contributed by atoms with Gasteiger partial charge in [0.15, 0.2) is 0 Å². The third-order valence-corrected chi connectivity index (χ3v) is 4.63. The quantitative estimate of drug-likeness (QED) is 0.500. The standard InChI is InChI=1S/C22H18F3N5O2/c1-21(2,32)9-17-29-19-14(20(31)30-17)8-15(28-18(19)13-4-3-7-26-10-13)12-5-6-16(27-11-12)22(23,24)25/h3-8,10-11,32H,9H2,1-2H3,(H,29,30,31). The maximum absolute atomic E-state index is 12.9. The molecule has 2 N–H and O–H groups in total. The predicted octanol–water partition coefficient (Wildman–Crippen LogP) is 3.77. The number of hydrogen-bond donors (Lipinski definition) is 2. The largest absolute Gasteiger partial charge is 0.433 e. The summed E-state index contributed by atoms with van der Waals surface area (Å²) in [6, 6.07) is 7.00. The van der Waals surface area contributed by atoms with Gasteiger partial charge in [-0.1, -0.05) is 0 Å². The molecule has 4 rings (SSSR count). The van der Waals surface area contributed by atoms with Gasteiger partial charge in [-0.25, -0.2) is 9.97 Å². The molecule has 0 radical (unpaired) electrons. The summed E-state index contributed by atoms with van der Waals surface area (Å²) in [6.45, 7) is 3.19. The zero-order valence-electron chi connectivity index (χ0n) is 17.1. The first kappa shape index (κ1) is 21.6. The summed E-state index contributed by atoms with van der Waals surface area (Å²) in [5, 5.41) is 10.3. The number of nitrogens with one attached hydrogen (secondary N) is 1. The molecule has 164 valence electrons. The molecule has 0 fully saturated rings. The minimum Gasteiger partial charge on any atom is -0.390 e. The van der Waals surface area contributed by atoms with E-state index in [1.165, 1.54) is 12.1 Å². The molecule has 4 aromatic rings. The normalized spacial score (nSPS) is 12.3. The highest BCUT2D eigenvalue weighted by atomic mass is 19.4. The molecule has 7 nitrogen and oxygen atoms in total. The number of hydrogen-bond acceptors (Lipinski definition) is 6. The first-order chi connectivity index (χ1) is 15.0. The Morgan fingerprint density at radius 3 is 2.44 bits per heavy atom. The number of pyridine rings is 3. The second kappa shape index (κ2) is 7.79. The number of aliphatic hydroxyl groups is 1. The van der Waals surface area contributed by atoms with Crippen molar-refractivity contribution >= 4 is 10.9 Å². The maximum Gasteiger partial charge on any atom is 0.433 e. The summed E-state index contributed by atoms with van der Waals surface area (Å²) >= 11 is 0. The van der Waals surface area contributed by atoms with Crippen molar-refractivity contribution in [3.63, 3.8) is 0 Å². The van der Waals surface area contributed by atoms with E-state index in [1.807, 2.05) is 0 Å². The molecule has 0 aliphatic rings. The molecule has 4 aromatic heterocycles. The number of rotatable bonds is 4. The zero-order valence-corrected chi connectivity index (χ0v) is 17.1. The van der Waals surface area contributed by atoms with Crippen LogP contribution in [0.3, 0.4) is 0 Å². The van der Waals surface area contributed by atoms with Gasteiger partial charge in [0, 0.05) is 36.1 Å². The number of aromatic amines is 1. The lowest BCUT2D eigenvalue weighted by Crippen LogP contribution is -2.25. The SMILES string of the molecule is CC(C)(O)Cc1nc2c(-c3cccnc3)nc(-c3ccc(C(F)(F)F)nc3)cc2c(=O)[nH]1. The second-order valence-electron chi connectivity index (χ2n) is 7.93. The highest BCUT2D eigenvalue weighted by Crippen LogP contribution is 2.31. The third-order valence-electron chi connectivity index (χ3n) is 4.63. The van der Waals surface area contributed by atoms with Crippen molar-refractivity contribution in [3.8, 4) is 22.5 Å². The summed E-state index contributed by atoms with van der Waals surface area (Å²) in [4.78, 5) is 32.2. The fraction of sp³-hybridized carbons (Fsp3) is 0.227. The van der Waals surface area contributed by atoms with Crippen LogP contribution in [-0.4, -0.2) is 35.6 Å². The molecule has 0 amide bonds. The fourth-order valence-electron chi connectivity index (χ4n) is 3.24. The van der Waals surface area contributed by atoms with E-state index in [4.69, 9.17) is 0 Å². The Morgan fingerprint density at radius 2 is 1.84 bits per heavy atom. The van der Waals surface area contributed by atoms with E-state index in [1.54, 1.807) is 38.4 Å². The average molecular weight is 441 g/mol. The topological polar surface area (TPSA) is 105 Å². The lowest BCUT2D eigenvalue weighted by Gasteiger charge is -2.17. The Labute approximate surface area is 180 Å². The van der Waals surface area contributed by atoms with Crippen LogP contribution in [-0.2, 0) is 12.6 Å². The Hall–Kier alpha value is -3.66. The zero-order chi connectivity index (χ0) is 23.1. The molecule has 4 heterocycles. The fourth-order valence-corrected chi connectivity index (χ4v) is 3.24. The highest BCUT2D eigenvalue weighted by molar-refractivity contribution is 5.93. The number of H-pyrrole nitrogens is 1. The van der Waals surface area contributed by atoms with Crippen LogP contribution in [0.4, 0.5) is 13.2 Å². The van der Waals surface area contributed by atoms with Gasteiger partial charge < -0.3 is 10.1 Å². The smallest absolute Gasteiger partial charge is 0.390 e. The van der Waals surface area contributed by atoms with Gasteiger partial charge in [-0.3, -0.25) is 14.8 Å². The van der Waals surface area contributed by atoms with Crippen molar-refractivity contribution in [1.29, 1.82) is 0 Å². The van der Waals surface area contributed by atoms with Crippen molar-refractivity contribution in [2.24, 2.45) is 0 Å². The highest BCUT2D eigenvalue weighted by Gasteiger charge is 2.32. The van der Waals surface area contributed by atoms with Crippen LogP contribution in [0.2, 0.25) is 0 Å². The van der Waals surface area contributed by atoms with Gasteiger partial charge in [-0.15, -0.1) is 0 Å². The molecule has 0 bridgehead atoms. The molecule has 10 heteroatoms. The van der Waals surface area contributed by atoms with E-state index >= 15 is 0 Å². The molecule has 0 aliphatic carbocycles. The summed E-state index contributed by atoms with van der Waals surface area (Å²) in [5.74, 6) is 0.283. The van der Waals surface area contributed by atoms with Gasteiger partial charge >= 0.3 is 6.18 Å². The van der Waals surface area contributed by atoms with Crippen LogP contribution in [0.5, 0.6) is 0 Å². The molecule has 0 atom stereocenters. The van der Waals surface area contributed by atoms with E-state index in [0.717, 1.165) is 12.3 Å². The monoisotopic (exact) mass is 441 g/mol. The van der Waals surface area contributed by atoms with E-state index < -0.39 is 23.0 Å². The lowest BCUT2D eigenvalue weighted by molar-refractivity contribution is -0.141. The van der Waals surface area contributed by atoms with Crippen LogP contribution >= 0.6 is 0 Å². The van der Waals surface area contributed by atoms with Gasteiger partial charge in [0.25, 0.3) is 5.56 Å². The van der Waals surface area contributed by atoms with Crippen LogP contribution in [0, 0.1) is 0 Å². The number of fused-ring (bicyclic) bond motifs is 1. The van der Waals surface area contributed by atoms with Gasteiger partial charge in [0.05, 0.1) is 22.4 Å². The van der Waals surface area contributed by atoms with Crippen LogP contribution in [0.25, 0.3) is 33.4 Å². The number of halogens is 3. The van der Waals surface area contributed by atoms with Gasteiger partial charge in [-0.2, -0.15) is 13.2 Å². The maximum atomic E-state index is 12.9. The molecular weight excluding hydrogens is 423 g/mol. The molecule has 0 aromatic carbocycles. The summed E-state index contributed by atoms with van der Waals surface area (Å²) in [7, 11) is 0. The molecule has 32 heavy (non-hydrogen) atoms. The summed E-state index contributed by atoms with van der Waals surface area (Å²) in [5.41, 5.74) is -0.791. The molecular formula is C22H18F3N5O2. The van der Waals surface area contributed by atoms with Crippen LogP contribution < -0.4 is 5.56 Å². The van der Waals surface area contributed by atoms with Crippen molar-refractivity contribution in [2.75, 3.05) is 0 Å². The van der Waals surface area contributed by atoms with E-state index in [9.17, 15) is 23.1 Å². The van der Waals surface area contributed by atoms with Crippen molar-refractivity contribution in [3.05, 3.63) is 70.8 Å². The van der Waals surface area contributed by atoms with Gasteiger partial charge in [-0.05, 0) is 44.2 Å². The van der Waals surface area contributed by atoms with Crippen molar-refractivity contribution in [2.45, 2.75) is 32.0 Å². The van der Waals surface area contributed by atoms with E-state index in [-0.39, 0.29) is 23.3 Å². The first-order valence-electron chi connectivity index (χ1n) is 9.62. The first-order valence-corrected chi connectivity index (χ1v) is 9.62. The third kappa shape index (κ3) is 4.50. The van der Waals surface area contributed by atoms with Gasteiger partial charge in [0.2, 0.25) is 0 Å². The average Bonchev–Trinajstić information content (AvgIpc) is 2.72. The lowest BCUT2D eigenvalue weighted by atomic mass is 10.0. The van der Waals surface area contributed by atoms with Gasteiger partial charge in [0.1, 0.15) is 17.0 Å². The second-order valence-corrected chi connectivity index (χ2v) is 7.93. The molecule has 0 unspecified atom stereocenters. The van der Waals surface area contributed by atoms with Crippen molar-refractivity contribution < 1.29 is 18.3 Å². The number of nitrogens with zero attached hydrogens (tertiary/aromatic N) is 4. The minimum absolute atomic E-state index is 0.106. The number of aromatic nitrogens is 5. The minimum atomic E-state index is -4.56. The molecule has 0 spiro atoms. The molecule has 0 saturated carbocycles. The molecule has 0 saturated heterocycles. The Balaban J connectivity index is 1.94. The Morgan fingerprint density at radius 1 is 1.06 bits per heavy atom. The molecule has 0 aliphatic heterocycles. The Kier molecular flexibility index (Phi) is 5.25. The summed E-state index contributed by atoms with van der Waals surface area (Å²) < 4.78 is 38.6. The predicted molar refractivity (Wildman–Crippen MR) is 112 cm³/mol.